The topological polar surface area (TPSA) is 69.9 Å². The van der Waals surface area contributed by atoms with Crippen LogP contribution in [0.25, 0.3) is 22.2 Å². The van der Waals surface area contributed by atoms with Crippen molar-refractivity contribution in [3.63, 3.8) is 0 Å². The lowest BCUT2D eigenvalue weighted by Crippen LogP contribution is -2.05. The van der Waals surface area contributed by atoms with Crippen molar-refractivity contribution in [3.05, 3.63) is 108 Å². The molecule has 5 rings (SSSR count). The lowest BCUT2D eigenvalue weighted by atomic mass is 10.0. The Balaban J connectivity index is 1.29. The van der Waals surface area contributed by atoms with Gasteiger partial charge in [0.05, 0.1) is 24.0 Å². The molecular formula is C28H24N4O2. The molecule has 2 aromatic carbocycles. The molecule has 0 aliphatic carbocycles. The van der Waals surface area contributed by atoms with E-state index in [4.69, 9.17) is 4.74 Å². The largest absolute Gasteiger partial charge is 0.489 e. The number of aryl methyl sites for hydroxylation is 1. The number of pyridine rings is 2. The van der Waals surface area contributed by atoms with Crippen molar-refractivity contribution >= 4 is 16.6 Å². The first kappa shape index (κ1) is 21.5. The zero-order valence-electron chi connectivity index (χ0n) is 19.1. The number of ketones is 1. The second-order valence-electron chi connectivity index (χ2n) is 8.24. The Morgan fingerprint density at radius 2 is 1.65 bits per heavy atom. The van der Waals surface area contributed by atoms with Crippen molar-refractivity contribution in [3.8, 4) is 17.1 Å². The van der Waals surface area contributed by atoms with E-state index >= 15 is 0 Å². The zero-order valence-corrected chi connectivity index (χ0v) is 19.1. The van der Waals surface area contributed by atoms with Crippen LogP contribution in [-0.2, 0) is 20.1 Å². The summed E-state index contributed by atoms with van der Waals surface area (Å²) in [5, 5.41) is 1.92. The van der Waals surface area contributed by atoms with Gasteiger partial charge in [0.2, 0.25) is 0 Å². The van der Waals surface area contributed by atoms with Crippen LogP contribution >= 0.6 is 0 Å². The summed E-state index contributed by atoms with van der Waals surface area (Å²) in [6.45, 7) is 2.45. The van der Waals surface area contributed by atoms with Gasteiger partial charge in [-0.2, -0.15) is 0 Å². The van der Waals surface area contributed by atoms with Crippen LogP contribution in [0.5, 0.6) is 5.75 Å². The number of rotatable bonds is 7. The van der Waals surface area contributed by atoms with Gasteiger partial charge in [-0.25, -0.2) is 4.98 Å². The van der Waals surface area contributed by atoms with Crippen LogP contribution in [0, 0.1) is 6.92 Å². The van der Waals surface area contributed by atoms with E-state index in [1.807, 2.05) is 79.3 Å². The molecule has 3 aromatic heterocycles. The van der Waals surface area contributed by atoms with Crippen LogP contribution in [0.2, 0.25) is 0 Å². The molecule has 6 nitrogen and oxygen atoms in total. The van der Waals surface area contributed by atoms with Crippen LogP contribution < -0.4 is 4.74 Å². The van der Waals surface area contributed by atoms with Gasteiger partial charge in [-0.05, 0) is 54.3 Å². The van der Waals surface area contributed by atoms with Crippen molar-refractivity contribution in [2.75, 3.05) is 0 Å². The van der Waals surface area contributed by atoms with E-state index in [-0.39, 0.29) is 12.2 Å². The van der Waals surface area contributed by atoms with E-state index in [1.54, 1.807) is 24.5 Å². The average Bonchev–Trinajstić information content (AvgIpc) is 3.21. The van der Waals surface area contributed by atoms with Gasteiger partial charge in [0.25, 0.3) is 0 Å². The van der Waals surface area contributed by atoms with Crippen molar-refractivity contribution < 1.29 is 9.53 Å². The third-order valence-corrected chi connectivity index (χ3v) is 5.91. The Morgan fingerprint density at radius 3 is 2.38 bits per heavy atom. The summed E-state index contributed by atoms with van der Waals surface area (Å²) in [6.07, 6.45) is 5.62. The molecule has 168 valence electrons. The van der Waals surface area contributed by atoms with Gasteiger partial charge in [-0.1, -0.05) is 30.3 Å². The number of hydrogen-bond acceptors (Lipinski definition) is 5. The third kappa shape index (κ3) is 4.57. The number of benzene rings is 2. The summed E-state index contributed by atoms with van der Waals surface area (Å²) in [5.41, 5.74) is 4.24. The molecule has 34 heavy (non-hydrogen) atoms. The van der Waals surface area contributed by atoms with Crippen LogP contribution in [0.3, 0.4) is 0 Å². The van der Waals surface area contributed by atoms with Crippen molar-refractivity contribution in [2.24, 2.45) is 7.05 Å². The number of hydrogen-bond donors (Lipinski definition) is 0. The van der Waals surface area contributed by atoms with E-state index in [1.165, 1.54) is 0 Å². The van der Waals surface area contributed by atoms with Gasteiger partial charge in [0.15, 0.2) is 5.78 Å². The molecular weight excluding hydrogens is 424 g/mol. The molecule has 0 unspecified atom stereocenters. The molecule has 0 fully saturated rings. The summed E-state index contributed by atoms with van der Waals surface area (Å²) in [5.74, 6) is 1.67. The average molecular weight is 449 g/mol. The number of Topliss-reactive ketones (excluding diaryl/α,β-unsaturated/α-hetero) is 1. The predicted molar refractivity (Wildman–Crippen MR) is 132 cm³/mol. The molecule has 0 aliphatic heterocycles. The monoisotopic (exact) mass is 448 g/mol. The minimum Gasteiger partial charge on any atom is -0.489 e. The van der Waals surface area contributed by atoms with Crippen molar-refractivity contribution in [2.45, 2.75) is 20.0 Å². The maximum absolute atomic E-state index is 12.9. The molecule has 0 bridgehead atoms. The predicted octanol–water partition coefficient (Wildman–Crippen LogP) is 5.34. The maximum Gasteiger partial charge on any atom is 0.168 e. The van der Waals surface area contributed by atoms with Gasteiger partial charge < -0.3 is 9.30 Å². The third-order valence-electron chi connectivity index (χ3n) is 5.91. The molecule has 0 amide bonds. The van der Waals surface area contributed by atoms with Crippen molar-refractivity contribution in [1.82, 2.24) is 19.5 Å². The molecule has 0 saturated carbocycles. The molecule has 0 spiro atoms. The zero-order chi connectivity index (χ0) is 23.5. The highest BCUT2D eigenvalue weighted by molar-refractivity contribution is 5.98. The van der Waals surface area contributed by atoms with Gasteiger partial charge in [-0.3, -0.25) is 14.8 Å². The van der Waals surface area contributed by atoms with Crippen LogP contribution in [0.4, 0.5) is 0 Å². The standard InChI is InChI=1S/C28H24N4O2/c1-19-29-17-27(32(19)2)26-13-22-12-24(30-15-23(22)16-31-26)14-28(33)21-8-10-25(11-9-21)34-18-20-6-4-3-5-7-20/h3-13,15-17H,14,18H2,1-2H3. The summed E-state index contributed by atoms with van der Waals surface area (Å²) in [4.78, 5) is 26.3. The maximum atomic E-state index is 12.9. The molecule has 6 heteroatoms. The number of carbonyl (C=O) groups excluding carboxylic acids is 1. The fourth-order valence-corrected chi connectivity index (χ4v) is 3.80. The minimum absolute atomic E-state index is 0.0120. The fourth-order valence-electron chi connectivity index (χ4n) is 3.80. The van der Waals surface area contributed by atoms with Gasteiger partial charge in [-0.15, -0.1) is 0 Å². The molecule has 3 heterocycles. The molecule has 0 N–H and O–H groups in total. The number of nitrogens with zero attached hydrogens (tertiary/aromatic N) is 4. The van der Waals surface area contributed by atoms with E-state index < -0.39 is 0 Å². The SMILES string of the molecule is Cc1ncc(-c2cc3cc(CC(=O)c4ccc(OCc5ccccc5)cc4)ncc3cn2)n1C. The van der Waals surface area contributed by atoms with E-state index in [0.29, 0.717) is 12.2 Å². The van der Waals surface area contributed by atoms with E-state index in [0.717, 1.165) is 45.0 Å². The molecule has 0 atom stereocenters. The number of fused-ring (bicyclic) bond motifs is 1. The van der Waals surface area contributed by atoms with Crippen molar-refractivity contribution in [1.29, 1.82) is 0 Å². The van der Waals surface area contributed by atoms with Gasteiger partial charge in [0, 0.05) is 36.1 Å². The van der Waals surface area contributed by atoms with Crippen LogP contribution in [-0.4, -0.2) is 25.3 Å². The normalized spacial score (nSPS) is 11.0. The number of ether oxygens (including phenoxy) is 1. The summed E-state index contributed by atoms with van der Waals surface area (Å²) < 4.78 is 7.82. The second-order valence-corrected chi connectivity index (χ2v) is 8.24. The fraction of sp³-hybridized carbons (Fsp3) is 0.143. The van der Waals surface area contributed by atoms with Gasteiger partial charge >= 0.3 is 0 Å². The number of imidazole rings is 1. The minimum atomic E-state index is 0.0120. The smallest absolute Gasteiger partial charge is 0.168 e. The molecule has 0 aliphatic rings. The second kappa shape index (κ2) is 9.27. The molecule has 5 aromatic rings. The van der Waals surface area contributed by atoms with E-state index in [9.17, 15) is 4.79 Å². The lowest BCUT2D eigenvalue weighted by molar-refractivity contribution is 0.0992. The highest BCUT2D eigenvalue weighted by atomic mass is 16.5. The first-order valence-corrected chi connectivity index (χ1v) is 11.1. The first-order chi connectivity index (χ1) is 16.6. The molecule has 0 saturated heterocycles. The first-order valence-electron chi connectivity index (χ1n) is 11.1. The van der Waals surface area contributed by atoms with Crippen LogP contribution in [0.15, 0.2) is 85.3 Å². The quantitative estimate of drug-likeness (QED) is 0.314. The molecule has 0 radical (unpaired) electrons. The summed E-state index contributed by atoms with van der Waals surface area (Å²) in [6, 6.07) is 21.2. The highest BCUT2D eigenvalue weighted by Gasteiger charge is 2.11. The Labute approximate surface area is 197 Å². The Hall–Kier alpha value is -4.32. The number of carbonyl (C=O) groups is 1. The van der Waals surface area contributed by atoms with Gasteiger partial charge in [0.1, 0.15) is 18.2 Å². The van der Waals surface area contributed by atoms with Crippen LogP contribution in [0.1, 0.15) is 27.4 Å². The summed E-state index contributed by atoms with van der Waals surface area (Å²) >= 11 is 0. The number of aromatic nitrogens is 4. The highest BCUT2D eigenvalue weighted by Crippen LogP contribution is 2.23. The lowest BCUT2D eigenvalue weighted by Gasteiger charge is -2.08. The Kier molecular flexibility index (Phi) is 5.87. The Morgan fingerprint density at radius 1 is 0.882 bits per heavy atom. The Bertz CT molecular complexity index is 1460. The van der Waals surface area contributed by atoms with E-state index in [2.05, 4.69) is 15.0 Å². The summed E-state index contributed by atoms with van der Waals surface area (Å²) in [7, 11) is 1.97.